The first kappa shape index (κ1) is 18.9. The van der Waals surface area contributed by atoms with E-state index in [2.05, 4.69) is 11.8 Å². The fourth-order valence-electron chi connectivity index (χ4n) is 3.29. The van der Waals surface area contributed by atoms with Gasteiger partial charge in [-0.3, -0.25) is 4.79 Å². The zero-order chi connectivity index (χ0) is 19.6. The van der Waals surface area contributed by atoms with Crippen molar-refractivity contribution in [2.75, 3.05) is 0 Å². The van der Waals surface area contributed by atoms with E-state index in [1.807, 2.05) is 80.9 Å². The fraction of sp³-hybridized carbons (Fsp3) is 0.292. The predicted octanol–water partition coefficient (Wildman–Crippen LogP) is 4.28. The van der Waals surface area contributed by atoms with Crippen molar-refractivity contribution < 1.29 is 9.90 Å². The third-order valence-corrected chi connectivity index (χ3v) is 4.82. The van der Waals surface area contributed by atoms with Gasteiger partial charge in [-0.1, -0.05) is 61.6 Å². The number of para-hydroxylation sites is 1. The lowest BCUT2D eigenvalue weighted by Crippen LogP contribution is -2.16. The fourth-order valence-corrected chi connectivity index (χ4v) is 3.29. The molecule has 0 bridgehead atoms. The number of aryl methyl sites for hydroxylation is 2. The summed E-state index contributed by atoms with van der Waals surface area (Å²) in [7, 11) is 1.94. The molecule has 3 rings (SSSR count). The molecule has 1 unspecified atom stereocenters. The van der Waals surface area contributed by atoms with E-state index in [0.29, 0.717) is 12.0 Å². The van der Waals surface area contributed by atoms with E-state index in [9.17, 15) is 9.90 Å². The van der Waals surface area contributed by atoms with Crippen molar-refractivity contribution in [3.8, 4) is 11.8 Å². The van der Waals surface area contributed by atoms with Gasteiger partial charge in [0, 0.05) is 47.1 Å². The number of rotatable bonds is 4. The van der Waals surface area contributed by atoms with Gasteiger partial charge in [0.15, 0.2) is 5.78 Å². The molecule has 0 spiro atoms. The average molecular weight is 359 g/mol. The number of aliphatic hydroxyl groups is 1. The third-order valence-electron chi connectivity index (χ3n) is 4.82. The molecule has 0 aliphatic carbocycles. The Bertz CT molecular complexity index is 1030. The summed E-state index contributed by atoms with van der Waals surface area (Å²) in [6.45, 7) is 5.84. The summed E-state index contributed by atoms with van der Waals surface area (Å²) in [4.78, 5) is 12.9. The smallest absolute Gasteiger partial charge is 0.167 e. The van der Waals surface area contributed by atoms with Gasteiger partial charge in [-0.15, -0.1) is 0 Å². The first-order valence-corrected chi connectivity index (χ1v) is 9.25. The highest BCUT2D eigenvalue weighted by molar-refractivity contribution is 6.10. The van der Waals surface area contributed by atoms with Crippen LogP contribution in [0, 0.1) is 24.7 Å². The van der Waals surface area contributed by atoms with E-state index in [-0.39, 0.29) is 11.7 Å². The molecule has 1 N–H and O–H groups in total. The second-order valence-electron chi connectivity index (χ2n) is 7.27. The number of hydrogen-bond acceptors (Lipinski definition) is 2. The number of ketones is 1. The molecule has 0 aliphatic heterocycles. The summed E-state index contributed by atoms with van der Waals surface area (Å²) >= 11 is 0. The molecular formula is C24H25NO2. The van der Waals surface area contributed by atoms with Crippen LogP contribution in [0.5, 0.6) is 0 Å². The average Bonchev–Trinajstić information content (AvgIpc) is 2.93. The van der Waals surface area contributed by atoms with E-state index in [1.165, 1.54) is 5.56 Å². The van der Waals surface area contributed by atoms with Gasteiger partial charge in [0.1, 0.15) is 6.10 Å². The zero-order valence-electron chi connectivity index (χ0n) is 16.3. The lowest BCUT2D eigenvalue weighted by Gasteiger charge is -2.10. The highest BCUT2D eigenvalue weighted by Crippen LogP contribution is 2.28. The maximum Gasteiger partial charge on any atom is 0.167 e. The van der Waals surface area contributed by atoms with Crippen LogP contribution in [-0.4, -0.2) is 21.6 Å². The summed E-state index contributed by atoms with van der Waals surface area (Å²) in [5, 5.41) is 11.5. The molecule has 0 saturated heterocycles. The van der Waals surface area contributed by atoms with Crippen LogP contribution in [0.3, 0.4) is 0 Å². The molecule has 2 aromatic carbocycles. The number of benzene rings is 2. The summed E-state index contributed by atoms with van der Waals surface area (Å²) in [6, 6.07) is 15.8. The predicted molar refractivity (Wildman–Crippen MR) is 110 cm³/mol. The first-order chi connectivity index (χ1) is 12.9. The molecule has 1 aromatic heterocycles. The Morgan fingerprint density at radius 1 is 1.11 bits per heavy atom. The van der Waals surface area contributed by atoms with E-state index in [0.717, 1.165) is 22.2 Å². The van der Waals surface area contributed by atoms with Crippen molar-refractivity contribution in [3.63, 3.8) is 0 Å². The molecule has 1 heterocycles. The van der Waals surface area contributed by atoms with Crippen molar-refractivity contribution >= 4 is 16.7 Å². The number of Topliss-reactive ketones (excluding diaryl/α,β-unsaturated/α-hetero) is 1. The van der Waals surface area contributed by atoms with Crippen molar-refractivity contribution in [3.05, 3.63) is 70.9 Å². The number of aliphatic hydroxyl groups excluding tert-OH is 1. The third kappa shape index (κ3) is 3.97. The summed E-state index contributed by atoms with van der Waals surface area (Å²) < 4.78 is 2.00. The van der Waals surface area contributed by atoms with Gasteiger partial charge in [0.05, 0.1) is 0 Å². The van der Waals surface area contributed by atoms with Gasteiger partial charge in [0.25, 0.3) is 0 Å². The molecule has 0 aliphatic rings. The summed E-state index contributed by atoms with van der Waals surface area (Å²) in [5.74, 6) is 5.93. The first-order valence-electron chi connectivity index (χ1n) is 9.25. The van der Waals surface area contributed by atoms with Crippen molar-refractivity contribution in [2.24, 2.45) is 13.0 Å². The van der Waals surface area contributed by atoms with E-state index >= 15 is 0 Å². The summed E-state index contributed by atoms with van der Waals surface area (Å²) in [5.41, 5.74) is 4.58. The van der Waals surface area contributed by atoms with Gasteiger partial charge in [-0.2, -0.15) is 0 Å². The standard InChI is InChI=1S/C24H25NO2/c1-16(2)24(27)23-20-7-5-6-8-21(20)25(4)22(23)15-19(26)14-13-18-11-9-17(3)10-12-18/h5-12,16,19,26H,15H2,1-4H3. The van der Waals surface area contributed by atoms with Crippen molar-refractivity contribution in [1.29, 1.82) is 0 Å². The van der Waals surface area contributed by atoms with Gasteiger partial charge < -0.3 is 9.67 Å². The summed E-state index contributed by atoms with van der Waals surface area (Å²) in [6.07, 6.45) is -0.522. The highest BCUT2D eigenvalue weighted by Gasteiger charge is 2.23. The Morgan fingerprint density at radius 2 is 1.78 bits per heavy atom. The molecule has 0 fully saturated rings. The van der Waals surface area contributed by atoms with Crippen LogP contribution in [0.15, 0.2) is 48.5 Å². The number of aromatic nitrogens is 1. The van der Waals surface area contributed by atoms with Gasteiger partial charge >= 0.3 is 0 Å². The lowest BCUT2D eigenvalue weighted by molar-refractivity contribution is 0.0939. The van der Waals surface area contributed by atoms with Crippen LogP contribution >= 0.6 is 0 Å². The number of fused-ring (bicyclic) bond motifs is 1. The minimum absolute atomic E-state index is 0.0977. The maximum absolute atomic E-state index is 12.9. The van der Waals surface area contributed by atoms with Crippen molar-refractivity contribution in [1.82, 2.24) is 4.57 Å². The molecule has 1 atom stereocenters. The van der Waals surface area contributed by atoms with Gasteiger partial charge in [-0.25, -0.2) is 0 Å². The molecule has 27 heavy (non-hydrogen) atoms. The van der Waals surface area contributed by atoms with Crippen LogP contribution in [0.2, 0.25) is 0 Å². The minimum atomic E-state index is -0.840. The highest BCUT2D eigenvalue weighted by atomic mass is 16.3. The SMILES string of the molecule is Cc1ccc(C#CC(O)Cc2c(C(=O)C(C)C)c3ccccc3n2C)cc1. The Labute approximate surface area is 160 Å². The monoisotopic (exact) mass is 359 g/mol. The van der Waals surface area contributed by atoms with Crippen molar-refractivity contribution in [2.45, 2.75) is 33.3 Å². The number of nitrogens with zero attached hydrogens (tertiary/aromatic N) is 1. The minimum Gasteiger partial charge on any atom is -0.380 e. The number of hydrogen-bond donors (Lipinski definition) is 1. The van der Waals surface area contributed by atoms with Crippen LogP contribution in [-0.2, 0) is 13.5 Å². The molecule has 138 valence electrons. The molecule has 3 heteroatoms. The van der Waals surface area contributed by atoms with Gasteiger partial charge in [0.2, 0.25) is 0 Å². The van der Waals surface area contributed by atoms with E-state index in [1.54, 1.807) is 0 Å². The topological polar surface area (TPSA) is 42.2 Å². The molecule has 0 radical (unpaired) electrons. The quantitative estimate of drug-likeness (QED) is 0.558. The Kier molecular flexibility index (Phi) is 5.48. The molecule has 0 saturated carbocycles. The van der Waals surface area contributed by atoms with E-state index in [4.69, 9.17) is 0 Å². The molecule has 3 aromatic rings. The Balaban J connectivity index is 1.96. The van der Waals surface area contributed by atoms with Gasteiger partial charge in [-0.05, 0) is 25.1 Å². The van der Waals surface area contributed by atoms with Crippen LogP contribution in [0.1, 0.15) is 41.0 Å². The zero-order valence-corrected chi connectivity index (χ0v) is 16.3. The number of carbonyl (C=O) groups is 1. The Morgan fingerprint density at radius 3 is 2.44 bits per heavy atom. The van der Waals surface area contributed by atoms with Crippen LogP contribution in [0.4, 0.5) is 0 Å². The van der Waals surface area contributed by atoms with E-state index < -0.39 is 6.10 Å². The molecule has 0 amide bonds. The normalized spacial score (nSPS) is 12.1. The Hall–Kier alpha value is -2.83. The second kappa shape index (κ2) is 7.82. The molecular weight excluding hydrogens is 334 g/mol. The van der Waals surface area contributed by atoms with Crippen LogP contribution < -0.4 is 0 Å². The second-order valence-corrected chi connectivity index (χ2v) is 7.27. The number of carbonyl (C=O) groups excluding carboxylic acids is 1. The van der Waals surface area contributed by atoms with Crippen LogP contribution in [0.25, 0.3) is 10.9 Å². The molecule has 3 nitrogen and oxygen atoms in total. The largest absolute Gasteiger partial charge is 0.380 e. The lowest BCUT2D eigenvalue weighted by atomic mass is 9.96. The maximum atomic E-state index is 12.9.